The average molecular weight is 394 g/mol. The number of carbonyl (C=O) groups is 2. The molecule has 162 valence electrons. The molecular formula is C24H43NO3. The molecule has 0 aromatic rings. The minimum absolute atomic E-state index is 0.0121. The maximum atomic E-state index is 11.8. The first kappa shape index (κ1) is 24.7. The van der Waals surface area contributed by atoms with Crippen LogP contribution in [0, 0.1) is 11.8 Å². The van der Waals surface area contributed by atoms with Gasteiger partial charge in [-0.15, -0.1) is 0 Å². The molecule has 1 N–H and O–H groups in total. The van der Waals surface area contributed by atoms with Crippen LogP contribution in [0.15, 0.2) is 11.3 Å². The number of Topliss-reactive ketones (excluding diaryl/α,β-unsaturated/α-hetero) is 1. The van der Waals surface area contributed by atoms with Gasteiger partial charge in [0, 0.05) is 13.5 Å². The molecule has 1 heterocycles. The van der Waals surface area contributed by atoms with Crippen molar-refractivity contribution in [1.29, 1.82) is 0 Å². The third-order valence-electron chi connectivity index (χ3n) is 5.86. The van der Waals surface area contributed by atoms with Gasteiger partial charge in [0.2, 0.25) is 0 Å². The Bertz CT molecular complexity index is 510. The zero-order chi connectivity index (χ0) is 20.9. The van der Waals surface area contributed by atoms with Crippen molar-refractivity contribution in [3.63, 3.8) is 0 Å². The zero-order valence-electron chi connectivity index (χ0n) is 18.8. The van der Waals surface area contributed by atoms with Crippen LogP contribution >= 0.6 is 0 Å². The second kappa shape index (κ2) is 13.8. The highest BCUT2D eigenvalue weighted by molar-refractivity contribution is 6.25. The summed E-state index contributed by atoms with van der Waals surface area (Å²) in [5, 5.41) is 10.0. The lowest BCUT2D eigenvalue weighted by Gasteiger charge is -2.12. The Morgan fingerprint density at radius 3 is 1.89 bits per heavy atom. The lowest BCUT2D eigenvalue weighted by atomic mass is 9.94. The van der Waals surface area contributed by atoms with E-state index in [-0.39, 0.29) is 29.6 Å². The van der Waals surface area contributed by atoms with Crippen LogP contribution in [0.5, 0.6) is 0 Å². The van der Waals surface area contributed by atoms with Crippen molar-refractivity contribution in [3.8, 4) is 0 Å². The van der Waals surface area contributed by atoms with E-state index in [0.717, 1.165) is 31.1 Å². The summed E-state index contributed by atoms with van der Waals surface area (Å²) in [5.74, 6) is 1.11. The lowest BCUT2D eigenvalue weighted by molar-refractivity contribution is -0.123. The number of carbonyl (C=O) groups excluding carboxylic acids is 2. The molecule has 0 aromatic carbocycles. The van der Waals surface area contributed by atoms with Crippen LogP contribution in [0.1, 0.15) is 104 Å². The number of ketones is 1. The van der Waals surface area contributed by atoms with E-state index < -0.39 is 0 Å². The highest BCUT2D eigenvalue weighted by Crippen LogP contribution is 2.21. The van der Waals surface area contributed by atoms with Crippen LogP contribution in [-0.2, 0) is 9.59 Å². The molecule has 1 aliphatic rings. The Morgan fingerprint density at radius 1 is 0.857 bits per heavy atom. The summed E-state index contributed by atoms with van der Waals surface area (Å²) in [4.78, 5) is 24.9. The fraction of sp³-hybridized carbons (Fsp3) is 0.833. The molecule has 1 amide bonds. The molecule has 0 aromatic heterocycles. The smallest absolute Gasteiger partial charge is 0.261 e. The number of unbranched alkanes of at least 4 members (excludes halogenated alkanes) is 8. The third-order valence-corrected chi connectivity index (χ3v) is 5.86. The molecule has 0 saturated carbocycles. The molecule has 4 heteroatoms. The second-order valence-corrected chi connectivity index (χ2v) is 9.20. The van der Waals surface area contributed by atoms with E-state index in [0.29, 0.717) is 6.42 Å². The Hall–Kier alpha value is -1.32. The zero-order valence-corrected chi connectivity index (χ0v) is 18.8. The van der Waals surface area contributed by atoms with E-state index in [1.54, 1.807) is 7.05 Å². The second-order valence-electron chi connectivity index (χ2n) is 9.20. The number of hydrogen-bond acceptors (Lipinski definition) is 3. The van der Waals surface area contributed by atoms with Crippen molar-refractivity contribution in [1.82, 2.24) is 4.90 Å². The van der Waals surface area contributed by atoms with Crippen LogP contribution in [0.25, 0.3) is 0 Å². The van der Waals surface area contributed by atoms with Crippen molar-refractivity contribution >= 4 is 11.7 Å². The molecule has 1 aliphatic heterocycles. The van der Waals surface area contributed by atoms with Crippen molar-refractivity contribution in [2.45, 2.75) is 104 Å². The number of rotatable bonds is 15. The van der Waals surface area contributed by atoms with E-state index in [1.807, 2.05) is 0 Å². The van der Waals surface area contributed by atoms with E-state index in [1.165, 1.54) is 62.7 Å². The fourth-order valence-electron chi connectivity index (χ4n) is 3.87. The third kappa shape index (κ3) is 9.75. The van der Waals surface area contributed by atoms with Crippen molar-refractivity contribution < 1.29 is 14.7 Å². The molecule has 1 fully saturated rings. The molecule has 0 bridgehead atoms. The summed E-state index contributed by atoms with van der Waals surface area (Å²) in [7, 11) is 1.59. The first-order valence-corrected chi connectivity index (χ1v) is 11.5. The monoisotopic (exact) mass is 393 g/mol. The first-order valence-electron chi connectivity index (χ1n) is 11.5. The number of amides is 1. The molecule has 0 radical (unpaired) electrons. The van der Waals surface area contributed by atoms with Crippen LogP contribution < -0.4 is 0 Å². The molecule has 1 unspecified atom stereocenters. The SMILES string of the molecule is CC(C)CCC(C)CCCCCCCCCCC/C(O)=C1\C(=O)CN(C)C1=O. The fourth-order valence-corrected chi connectivity index (χ4v) is 3.87. The Labute approximate surface area is 172 Å². The van der Waals surface area contributed by atoms with E-state index in [4.69, 9.17) is 0 Å². The number of hydrogen-bond donors (Lipinski definition) is 1. The summed E-state index contributed by atoms with van der Waals surface area (Å²) in [6.07, 6.45) is 15.6. The highest BCUT2D eigenvalue weighted by Gasteiger charge is 2.33. The highest BCUT2D eigenvalue weighted by atomic mass is 16.3. The van der Waals surface area contributed by atoms with Gasteiger partial charge in [-0.25, -0.2) is 0 Å². The predicted octanol–water partition coefficient (Wildman–Crippen LogP) is 6.20. The topological polar surface area (TPSA) is 57.6 Å². The molecule has 1 rings (SSSR count). The number of allylic oxidation sites excluding steroid dienone is 1. The van der Waals surface area contributed by atoms with Gasteiger partial charge in [-0.05, 0) is 18.3 Å². The minimum atomic E-state index is -0.336. The van der Waals surface area contributed by atoms with Gasteiger partial charge in [-0.3, -0.25) is 9.59 Å². The van der Waals surface area contributed by atoms with Gasteiger partial charge >= 0.3 is 0 Å². The normalized spacial score (nSPS) is 17.7. The molecule has 1 saturated heterocycles. The van der Waals surface area contributed by atoms with Crippen LogP contribution in [-0.4, -0.2) is 35.3 Å². The maximum absolute atomic E-state index is 11.8. The van der Waals surface area contributed by atoms with Crippen LogP contribution in [0.3, 0.4) is 0 Å². The van der Waals surface area contributed by atoms with Gasteiger partial charge in [0.25, 0.3) is 5.91 Å². The Kier molecular flexibility index (Phi) is 12.2. The van der Waals surface area contributed by atoms with Crippen LogP contribution in [0.2, 0.25) is 0 Å². The van der Waals surface area contributed by atoms with Crippen molar-refractivity contribution in [2.75, 3.05) is 13.6 Å². The minimum Gasteiger partial charge on any atom is -0.511 e. The van der Waals surface area contributed by atoms with Gasteiger partial charge in [0.1, 0.15) is 11.3 Å². The number of aliphatic hydroxyl groups excluding tert-OH is 1. The first-order chi connectivity index (χ1) is 13.3. The van der Waals surface area contributed by atoms with E-state index in [9.17, 15) is 14.7 Å². The molecule has 0 spiro atoms. The molecule has 1 atom stereocenters. The summed E-state index contributed by atoms with van der Waals surface area (Å²) in [6, 6.07) is 0. The average Bonchev–Trinajstić information content (AvgIpc) is 2.89. The summed E-state index contributed by atoms with van der Waals surface area (Å²) < 4.78 is 0. The number of likely N-dealkylation sites (N-methyl/N-ethyl adjacent to an activating group) is 1. The molecule has 4 nitrogen and oxygen atoms in total. The summed E-state index contributed by atoms with van der Waals surface area (Å²) >= 11 is 0. The van der Waals surface area contributed by atoms with Crippen molar-refractivity contribution in [3.05, 3.63) is 11.3 Å². The lowest BCUT2D eigenvalue weighted by Crippen LogP contribution is -2.19. The Morgan fingerprint density at radius 2 is 1.39 bits per heavy atom. The Balaban J connectivity index is 1.96. The number of likely N-dealkylation sites (tertiary alicyclic amines) is 1. The van der Waals surface area contributed by atoms with Crippen LogP contribution in [0.4, 0.5) is 0 Å². The quantitative estimate of drug-likeness (QED) is 0.156. The summed E-state index contributed by atoms with van der Waals surface area (Å²) in [5.41, 5.74) is 0.0148. The molecule has 0 aliphatic carbocycles. The van der Waals surface area contributed by atoms with Gasteiger partial charge in [-0.1, -0.05) is 91.4 Å². The number of aliphatic hydroxyl groups is 1. The van der Waals surface area contributed by atoms with E-state index >= 15 is 0 Å². The number of nitrogens with zero attached hydrogens (tertiary/aromatic N) is 1. The predicted molar refractivity (Wildman–Crippen MR) is 116 cm³/mol. The maximum Gasteiger partial charge on any atom is 0.261 e. The van der Waals surface area contributed by atoms with Gasteiger partial charge in [0.15, 0.2) is 5.78 Å². The molecular weight excluding hydrogens is 350 g/mol. The van der Waals surface area contributed by atoms with Gasteiger partial charge in [0.05, 0.1) is 6.54 Å². The standard InChI is InChI=1S/C24H43NO3/c1-19(2)16-17-20(3)14-12-10-8-6-5-7-9-11-13-15-21(26)23-22(27)18-25(4)24(23)28/h19-20,26H,5-18H2,1-4H3/b23-21-. The van der Waals surface area contributed by atoms with E-state index in [2.05, 4.69) is 20.8 Å². The van der Waals surface area contributed by atoms with Gasteiger partial charge in [-0.2, -0.15) is 0 Å². The summed E-state index contributed by atoms with van der Waals surface area (Å²) in [6.45, 7) is 7.10. The van der Waals surface area contributed by atoms with Crippen molar-refractivity contribution in [2.24, 2.45) is 11.8 Å². The molecule has 28 heavy (non-hydrogen) atoms. The largest absolute Gasteiger partial charge is 0.511 e. The van der Waals surface area contributed by atoms with Gasteiger partial charge < -0.3 is 10.0 Å².